The van der Waals surface area contributed by atoms with Crippen molar-refractivity contribution in [2.45, 2.75) is 251 Å². The van der Waals surface area contributed by atoms with Gasteiger partial charge in [0.15, 0.2) is 11.4 Å². The van der Waals surface area contributed by atoms with Crippen LogP contribution >= 0.6 is 11.8 Å². The molecule has 1 unspecified atom stereocenters. The zero-order chi connectivity index (χ0) is 38.7. The number of rotatable bonds is 45. The summed E-state index contributed by atoms with van der Waals surface area (Å²) < 4.78 is 17.8. The van der Waals surface area contributed by atoms with Crippen molar-refractivity contribution >= 4 is 16.9 Å². The summed E-state index contributed by atoms with van der Waals surface area (Å²) in [6, 6.07) is 0. The highest BCUT2D eigenvalue weighted by Crippen LogP contribution is 2.21. The number of thioether (sulfide) groups is 1. The second-order valence-electron chi connectivity index (χ2n) is 16.1. The molecule has 0 aliphatic heterocycles. The first-order valence-electron chi connectivity index (χ1n) is 23.7. The van der Waals surface area contributed by atoms with Crippen LogP contribution in [0.5, 0.6) is 0 Å². The Hall–Kier alpha value is -0.140. The number of nitrogens with zero attached hydrogens (tertiary/aromatic N) is 1. The van der Waals surface area contributed by atoms with Crippen LogP contribution < -0.4 is 0 Å². The fourth-order valence-corrected chi connectivity index (χ4v) is 8.30. The summed E-state index contributed by atoms with van der Waals surface area (Å²) >= 11 is 1.59. The molecule has 0 aromatic heterocycles. The van der Waals surface area contributed by atoms with E-state index < -0.39 is 0 Å². The van der Waals surface area contributed by atoms with Gasteiger partial charge >= 0.3 is 0 Å². The predicted molar refractivity (Wildman–Crippen MR) is 235 cm³/mol. The smallest absolute Gasteiger partial charge is 0.188 e. The van der Waals surface area contributed by atoms with Gasteiger partial charge in [0.1, 0.15) is 0 Å². The van der Waals surface area contributed by atoms with E-state index in [2.05, 4.69) is 25.7 Å². The Labute approximate surface area is 337 Å². The second kappa shape index (κ2) is 44.6. The molecule has 0 bridgehead atoms. The zero-order valence-corrected chi connectivity index (χ0v) is 37.5. The monoisotopic (exact) mass is 770 g/mol. The molecule has 0 aromatic carbocycles. The minimum absolute atomic E-state index is 0.0458. The highest BCUT2D eigenvalue weighted by molar-refractivity contribution is 8.13. The summed E-state index contributed by atoms with van der Waals surface area (Å²) in [5, 5.41) is 0.415. The Balaban J connectivity index is 4.19. The molecular formula is C47H95NO4S. The molecule has 0 amide bonds. The number of hydrogen-bond acceptors (Lipinski definition) is 6. The Morgan fingerprint density at radius 3 is 1.40 bits per heavy atom. The van der Waals surface area contributed by atoms with Crippen molar-refractivity contribution in [3.8, 4) is 0 Å². The maximum Gasteiger partial charge on any atom is 0.188 e. The molecule has 318 valence electrons. The maximum absolute atomic E-state index is 12.2. The quantitative estimate of drug-likeness (QED) is 0.0454. The third kappa shape index (κ3) is 39.9. The summed E-state index contributed by atoms with van der Waals surface area (Å²) in [6.07, 6.45) is 43.5. The van der Waals surface area contributed by atoms with Crippen LogP contribution in [-0.2, 0) is 19.0 Å². The van der Waals surface area contributed by atoms with Crippen molar-refractivity contribution in [1.29, 1.82) is 0 Å². The van der Waals surface area contributed by atoms with E-state index >= 15 is 0 Å². The van der Waals surface area contributed by atoms with E-state index in [4.69, 9.17) is 14.2 Å². The van der Waals surface area contributed by atoms with Crippen molar-refractivity contribution in [2.24, 2.45) is 0 Å². The molecule has 0 aliphatic carbocycles. The van der Waals surface area contributed by atoms with Gasteiger partial charge in [0.2, 0.25) is 0 Å². The van der Waals surface area contributed by atoms with Crippen molar-refractivity contribution < 1.29 is 19.0 Å². The van der Waals surface area contributed by atoms with Gasteiger partial charge in [-0.2, -0.15) is 0 Å². The van der Waals surface area contributed by atoms with Crippen LogP contribution in [0.3, 0.4) is 0 Å². The summed E-state index contributed by atoms with van der Waals surface area (Å²) in [7, 11) is 3.66. The van der Waals surface area contributed by atoms with Gasteiger partial charge in [-0.05, 0) is 70.9 Å². The third-order valence-electron chi connectivity index (χ3n) is 11.0. The minimum Gasteiger partial charge on any atom is -0.385 e. The molecule has 0 heterocycles. The molecule has 0 rings (SSSR count). The van der Waals surface area contributed by atoms with Crippen LogP contribution in [0.2, 0.25) is 0 Å². The normalized spacial score (nSPS) is 12.4. The van der Waals surface area contributed by atoms with Gasteiger partial charge in [-0.1, -0.05) is 187 Å². The summed E-state index contributed by atoms with van der Waals surface area (Å²) in [4.78, 5) is 14.9. The van der Waals surface area contributed by atoms with Gasteiger partial charge in [0.25, 0.3) is 0 Å². The van der Waals surface area contributed by atoms with Crippen LogP contribution in [-0.4, -0.2) is 68.6 Å². The molecule has 0 radical (unpaired) electrons. The minimum atomic E-state index is -0.0458. The molecule has 0 aromatic rings. The van der Waals surface area contributed by atoms with Crippen LogP contribution in [0.25, 0.3) is 0 Å². The molecule has 0 aliphatic rings. The molecule has 0 saturated carbocycles. The number of carbonyl (C=O) groups excluding carboxylic acids is 1. The molecule has 0 fully saturated rings. The van der Waals surface area contributed by atoms with Gasteiger partial charge in [-0.3, -0.25) is 4.79 Å². The number of carbonyl (C=O) groups is 1. The average Bonchev–Trinajstić information content (AvgIpc) is 3.16. The standard InChI is InChI=1S/C47H95NO4S/c1-6-9-12-15-18-27-34-44-53-46(49)38-30-23-19-25-32-40-48(42-35-43-50-4)41-33-26-20-24-31-39-47(51-5)52-45(36-28-21-16-13-10-7-2)37-29-22-17-14-11-8-3/h45,47H,6-44H2,1-5H3. The van der Waals surface area contributed by atoms with Crippen LogP contribution in [0.1, 0.15) is 239 Å². The van der Waals surface area contributed by atoms with Crippen molar-refractivity contribution in [3.05, 3.63) is 0 Å². The maximum atomic E-state index is 12.2. The first-order chi connectivity index (χ1) is 26.1. The largest absolute Gasteiger partial charge is 0.385 e. The summed E-state index contributed by atoms with van der Waals surface area (Å²) in [6.45, 7) is 11.3. The van der Waals surface area contributed by atoms with Gasteiger partial charge in [-0.15, -0.1) is 0 Å². The Kier molecular flexibility index (Phi) is 44.5. The lowest BCUT2D eigenvalue weighted by Gasteiger charge is -2.24. The number of unbranched alkanes of at least 4 members (excludes halogenated alkanes) is 24. The van der Waals surface area contributed by atoms with Gasteiger partial charge < -0.3 is 19.1 Å². The second-order valence-corrected chi connectivity index (χ2v) is 17.3. The molecular weight excluding hydrogens is 675 g/mol. The van der Waals surface area contributed by atoms with Crippen molar-refractivity contribution in [2.75, 3.05) is 46.2 Å². The van der Waals surface area contributed by atoms with Gasteiger partial charge in [0, 0.05) is 39.5 Å². The van der Waals surface area contributed by atoms with Gasteiger partial charge in [0.05, 0.1) is 6.10 Å². The van der Waals surface area contributed by atoms with E-state index in [0.29, 0.717) is 11.2 Å². The molecule has 6 heteroatoms. The SMILES string of the molecule is CCCCCCCCCSC(=O)CCCCCCCN(CCCCCCCC(OC)OC(CCCCCCCC)CCCCCCCC)CCCOC. The molecule has 53 heavy (non-hydrogen) atoms. The summed E-state index contributed by atoms with van der Waals surface area (Å²) in [5.74, 6) is 1.02. The number of hydrogen-bond donors (Lipinski definition) is 0. The Morgan fingerprint density at radius 1 is 0.491 bits per heavy atom. The fraction of sp³-hybridized carbons (Fsp3) is 0.979. The molecule has 1 atom stereocenters. The topological polar surface area (TPSA) is 48.0 Å². The van der Waals surface area contributed by atoms with E-state index in [9.17, 15) is 4.79 Å². The molecule has 0 saturated heterocycles. The highest BCUT2D eigenvalue weighted by Gasteiger charge is 2.16. The zero-order valence-electron chi connectivity index (χ0n) is 36.7. The van der Waals surface area contributed by atoms with Crippen LogP contribution in [0.15, 0.2) is 0 Å². The molecule has 0 N–H and O–H groups in total. The molecule has 5 nitrogen and oxygen atoms in total. The Morgan fingerprint density at radius 2 is 0.906 bits per heavy atom. The van der Waals surface area contributed by atoms with Gasteiger partial charge in [-0.25, -0.2) is 0 Å². The third-order valence-corrected chi connectivity index (χ3v) is 12.0. The first-order valence-corrected chi connectivity index (χ1v) is 24.6. The predicted octanol–water partition coefficient (Wildman–Crippen LogP) is 14.9. The fourth-order valence-electron chi connectivity index (χ4n) is 7.44. The van der Waals surface area contributed by atoms with E-state index in [1.807, 2.05) is 14.2 Å². The number of methoxy groups -OCH3 is 2. The van der Waals surface area contributed by atoms with E-state index in [0.717, 1.165) is 44.6 Å². The van der Waals surface area contributed by atoms with Crippen molar-refractivity contribution in [1.82, 2.24) is 4.90 Å². The lowest BCUT2D eigenvalue weighted by molar-refractivity contribution is -0.163. The lowest BCUT2D eigenvalue weighted by atomic mass is 10.0. The van der Waals surface area contributed by atoms with E-state index in [1.165, 1.54) is 206 Å². The summed E-state index contributed by atoms with van der Waals surface area (Å²) in [5.41, 5.74) is 0. The van der Waals surface area contributed by atoms with E-state index in [-0.39, 0.29) is 6.29 Å². The highest BCUT2D eigenvalue weighted by atomic mass is 32.2. The van der Waals surface area contributed by atoms with Crippen LogP contribution in [0.4, 0.5) is 0 Å². The lowest BCUT2D eigenvalue weighted by Crippen LogP contribution is -2.28. The average molecular weight is 770 g/mol. The Bertz CT molecular complexity index is 694. The van der Waals surface area contributed by atoms with E-state index in [1.54, 1.807) is 11.8 Å². The van der Waals surface area contributed by atoms with Crippen LogP contribution in [0, 0.1) is 0 Å². The first kappa shape index (κ1) is 52.9. The molecule has 0 spiro atoms. The van der Waals surface area contributed by atoms with Crippen molar-refractivity contribution in [3.63, 3.8) is 0 Å². The number of ether oxygens (including phenoxy) is 3.